The van der Waals surface area contributed by atoms with E-state index in [0.717, 1.165) is 62.6 Å². The molecule has 2 fully saturated rings. The molecular formula is C18H22N6. The molecular weight excluding hydrogens is 300 g/mol. The van der Waals surface area contributed by atoms with Crippen molar-refractivity contribution in [3.05, 3.63) is 36.0 Å². The highest BCUT2D eigenvalue weighted by Gasteiger charge is 2.24. The van der Waals surface area contributed by atoms with Crippen molar-refractivity contribution in [1.82, 2.24) is 20.4 Å². The summed E-state index contributed by atoms with van der Waals surface area (Å²) in [6.07, 6.45) is 3.24. The Morgan fingerprint density at radius 3 is 2.62 bits per heavy atom. The van der Waals surface area contributed by atoms with Crippen LogP contribution in [0, 0.1) is 11.5 Å². The number of nitrogens with one attached hydrogen (secondary N) is 2. The zero-order valence-corrected chi connectivity index (χ0v) is 13.7. The molecule has 3 heterocycles. The van der Waals surface area contributed by atoms with Crippen molar-refractivity contribution < 1.29 is 0 Å². The second kappa shape index (κ2) is 6.54. The molecule has 4 rings (SSSR count). The SMILES string of the molecule is N#CN1CCC(c2cc(-c3ccc(N4CCNCC4)cc3)n[nH]2)C1. The summed E-state index contributed by atoms with van der Waals surface area (Å²) < 4.78 is 0. The smallest absolute Gasteiger partial charge is 0.179 e. The molecule has 6 heteroatoms. The number of aromatic amines is 1. The van der Waals surface area contributed by atoms with Gasteiger partial charge in [-0.25, -0.2) is 0 Å². The molecule has 1 aromatic heterocycles. The highest BCUT2D eigenvalue weighted by molar-refractivity contribution is 5.63. The van der Waals surface area contributed by atoms with Crippen molar-refractivity contribution in [3.63, 3.8) is 0 Å². The average Bonchev–Trinajstić information content (AvgIpc) is 3.32. The largest absolute Gasteiger partial charge is 0.369 e. The van der Waals surface area contributed by atoms with Gasteiger partial charge in [-0.05, 0) is 24.6 Å². The number of anilines is 1. The lowest BCUT2D eigenvalue weighted by Crippen LogP contribution is -2.43. The number of likely N-dealkylation sites (tertiary alicyclic amines) is 1. The molecule has 24 heavy (non-hydrogen) atoms. The quantitative estimate of drug-likeness (QED) is 0.843. The van der Waals surface area contributed by atoms with Crippen LogP contribution < -0.4 is 10.2 Å². The Balaban J connectivity index is 1.47. The van der Waals surface area contributed by atoms with Crippen LogP contribution in [0.25, 0.3) is 11.3 Å². The van der Waals surface area contributed by atoms with E-state index in [4.69, 9.17) is 5.26 Å². The van der Waals surface area contributed by atoms with E-state index in [1.165, 1.54) is 5.69 Å². The maximum Gasteiger partial charge on any atom is 0.179 e. The highest BCUT2D eigenvalue weighted by Crippen LogP contribution is 2.29. The first-order valence-corrected chi connectivity index (χ1v) is 8.59. The number of nitrogens with zero attached hydrogens (tertiary/aromatic N) is 4. The third-order valence-electron chi connectivity index (χ3n) is 5.01. The van der Waals surface area contributed by atoms with Crippen molar-refractivity contribution in [1.29, 1.82) is 5.26 Å². The topological polar surface area (TPSA) is 71.0 Å². The second-order valence-corrected chi connectivity index (χ2v) is 6.52. The molecule has 0 saturated carbocycles. The number of piperazine rings is 1. The molecule has 0 radical (unpaired) electrons. The fraction of sp³-hybridized carbons (Fsp3) is 0.444. The van der Waals surface area contributed by atoms with Crippen LogP contribution >= 0.6 is 0 Å². The number of aromatic nitrogens is 2. The normalized spacial score (nSPS) is 21.0. The van der Waals surface area contributed by atoms with Crippen LogP contribution in [0.2, 0.25) is 0 Å². The van der Waals surface area contributed by atoms with Gasteiger partial charge in [0.2, 0.25) is 0 Å². The summed E-state index contributed by atoms with van der Waals surface area (Å²) in [5.74, 6) is 0.381. The number of nitriles is 1. The first-order chi connectivity index (χ1) is 11.8. The molecule has 0 spiro atoms. The minimum Gasteiger partial charge on any atom is -0.369 e. The Bertz CT molecular complexity index is 723. The number of hydrogen-bond donors (Lipinski definition) is 2. The van der Waals surface area contributed by atoms with Crippen molar-refractivity contribution >= 4 is 5.69 Å². The van der Waals surface area contributed by atoms with Gasteiger partial charge >= 0.3 is 0 Å². The minimum absolute atomic E-state index is 0.381. The third kappa shape index (κ3) is 2.95. The highest BCUT2D eigenvalue weighted by atomic mass is 15.2. The van der Waals surface area contributed by atoms with E-state index < -0.39 is 0 Å². The summed E-state index contributed by atoms with van der Waals surface area (Å²) in [6.45, 7) is 5.85. The van der Waals surface area contributed by atoms with Crippen LogP contribution in [-0.2, 0) is 0 Å². The van der Waals surface area contributed by atoms with Gasteiger partial charge in [0.1, 0.15) is 0 Å². The molecule has 2 aromatic rings. The summed E-state index contributed by atoms with van der Waals surface area (Å²) >= 11 is 0. The molecule has 1 atom stereocenters. The third-order valence-corrected chi connectivity index (χ3v) is 5.01. The molecule has 1 aromatic carbocycles. The van der Waals surface area contributed by atoms with Crippen LogP contribution in [-0.4, -0.2) is 54.4 Å². The van der Waals surface area contributed by atoms with E-state index in [1.54, 1.807) is 0 Å². The van der Waals surface area contributed by atoms with Gasteiger partial charge in [0, 0.05) is 62.1 Å². The second-order valence-electron chi connectivity index (χ2n) is 6.52. The van der Waals surface area contributed by atoms with Crippen molar-refractivity contribution in [3.8, 4) is 17.5 Å². The standard InChI is InChI=1S/C18H22N6/c19-13-23-8-5-15(12-23)18-11-17(21-22-18)14-1-3-16(4-2-14)24-9-6-20-7-10-24/h1-4,11,15,20H,5-10,12H2,(H,21,22). The Morgan fingerprint density at radius 1 is 1.12 bits per heavy atom. The van der Waals surface area contributed by atoms with Gasteiger partial charge in [-0.1, -0.05) is 12.1 Å². The summed E-state index contributed by atoms with van der Waals surface area (Å²) in [4.78, 5) is 4.22. The fourth-order valence-corrected chi connectivity index (χ4v) is 3.56. The average molecular weight is 322 g/mol. The summed E-state index contributed by atoms with van der Waals surface area (Å²) in [7, 11) is 0. The molecule has 0 aliphatic carbocycles. The van der Waals surface area contributed by atoms with Gasteiger partial charge in [0.05, 0.1) is 5.69 Å². The van der Waals surface area contributed by atoms with Crippen molar-refractivity contribution in [2.75, 3.05) is 44.2 Å². The van der Waals surface area contributed by atoms with Crippen LogP contribution in [0.1, 0.15) is 18.0 Å². The van der Waals surface area contributed by atoms with Gasteiger partial charge in [-0.2, -0.15) is 10.4 Å². The zero-order chi connectivity index (χ0) is 16.4. The molecule has 0 bridgehead atoms. The van der Waals surface area contributed by atoms with Gasteiger partial charge in [0.15, 0.2) is 6.19 Å². The number of H-pyrrole nitrogens is 1. The Labute approximate surface area is 142 Å². The first kappa shape index (κ1) is 15.0. The van der Waals surface area contributed by atoms with E-state index in [9.17, 15) is 0 Å². The number of benzene rings is 1. The van der Waals surface area contributed by atoms with Crippen LogP contribution in [0.4, 0.5) is 5.69 Å². The predicted molar refractivity (Wildman–Crippen MR) is 93.7 cm³/mol. The molecule has 2 N–H and O–H groups in total. The van der Waals surface area contributed by atoms with Gasteiger partial charge in [-0.3, -0.25) is 5.10 Å². The van der Waals surface area contributed by atoms with E-state index in [2.05, 4.69) is 56.9 Å². The monoisotopic (exact) mass is 322 g/mol. The molecule has 2 aliphatic rings. The lowest BCUT2D eigenvalue weighted by Gasteiger charge is -2.29. The molecule has 2 aliphatic heterocycles. The van der Waals surface area contributed by atoms with Gasteiger partial charge < -0.3 is 15.1 Å². The Kier molecular flexibility index (Phi) is 4.09. The van der Waals surface area contributed by atoms with Crippen molar-refractivity contribution in [2.45, 2.75) is 12.3 Å². The van der Waals surface area contributed by atoms with Crippen LogP contribution in [0.5, 0.6) is 0 Å². The molecule has 6 nitrogen and oxygen atoms in total. The summed E-state index contributed by atoms with van der Waals surface area (Å²) in [5.41, 5.74) is 4.52. The lowest BCUT2D eigenvalue weighted by molar-refractivity contribution is 0.478. The summed E-state index contributed by atoms with van der Waals surface area (Å²) in [6, 6.07) is 10.8. The molecule has 2 saturated heterocycles. The number of hydrogen-bond acceptors (Lipinski definition) is 5. The lowest BCUT2D eigenvalue weighted by atomic mass is 10.0. The molecule has 1 unspecified atom stereocenters. The summed E-state index contributed by atoms with van der Waals surface area (Å²) in [5, 5.41) is 20.0. The van der Waals surface area contributed by atoms with Crippen molar-refractivity contribution in [2.24, 2.45) is 0 Å². The van der Waals surface area contributed by atoms with Gasteiger partial charge in [-0.15, -0.1) is 0 Å². The van der Waals surface area contributed by atoms with Gasteiger partial charge in [0.25, 0.3) is 0 Å². The maximum absolute atomic E-state index is 8.99. The van der Waals surface area contributed by atoms with E-state index in [1.807, 2.05) is 4.90 Å². The predicted octanol–water partition coefficient (Wildman–Crippen LogP) is 1.76. The fourth-order valence-electron chi connectivity index (χ4n) is 3.56. The van der Waals surface area contributed by atoms with Crippen LogP contribution in [0.15, 0.2) is 30.3 Å². The maximum atomic E-state index is 8.99. The molecule has 124 valence electrons. The Hall–Kier alpha value is -2.52. The van der Waals surface area contributed by atoms with E-state index in [-0.39, 0.29) is 0 Å². The van der Waals surface area contributed by atoms with E-state index >= 15 is 0 Å². The first-order valence-electron chi connectivity index (χ1n) is 8.59. The molecule has 0 amide bonds. The van der Waals surface area contributed by atoms with Crippen LogP contribution in [0.3, 0.4) is 0 Å². The van der Waals surface area contributed by atoms with E-state index in [0.29, 0.717) is 5.92 Å². The number of rotatable bonds is 3. The Morgan fingerprint density at radius 2 is 1.92 bits per heavy atom. The zero-order valence-electron chi connectivity index (χ0n) is 13.7. The minimum atomic E-state index is 0.381.